The lowest BCUT2D eigenvalue weighted by Crippen LogP contribution is -2.52. The van der Waals surface area contributed by atoms with E-state index >= 15 is 0 Å². The van der Waals surface area contributed by atoms with Crippen LogP contribution in [0, 0.1) is 5.41 Å². The zero-order chi connectivity index (χ0) is 12.2. The van der Waals surface area contributed by atoms with Gasteiger partial charge in [-0.2, -0.15) is 0 Å². The zero-order valence-corrected chi connectivity index (χ0v) is 11.0. The van der Waals surface area contributed by atoms with Crippen LogP contribution in [-0.2, 0) is 4.79 Å². The molecule has 3 nitrogen and oxygen atoms in total. The van der Waals surface area contributed by atoms with Crippen molar-refractivity contribution < 1.29 is 4.79 Å². The van der Waals surface area contributed by atoms with E-state index in [0.29, 0.717) is 12.6 Å². The fourth-order valence-corrected chi connectivity index (χ4v) is 2.63. The molecule has 0 spiro atoms. The SMILES string of the molecule is CCC(CC)(CN)C(=O)N1CCCCC1C. The zero-order valence-electron chi connectivity index (χ0n) is 11.0. The number of carbonyl (C=O) groups excluding carboxylic acids is 1. The van der Waals surface area contributed by atoms with Crippen LogP contribution in [0.15, 0.2) is 0 Å². The van der Waals surface area contributed by atoms with Crippen LogP contribution in [0.25, 0.3) is 0 Å². The summed E-state index contributed by atoms with van der Waals surface area (Å²) in [6, 6.07) is 0.394. The van der Waals surface area contributed by atoms with Crippen LogP contribution in [-0.4, -0.2) is 29.9 Å². The second-order valence-electron chi connectivity index (χ2n) is 5.03. The van der Waals surface area contributed by atoms with Crippen LogP contribution in [0.4, 0.5) is 0 Å². The van der Waals surface area contributed by atoms with Crippen molar-refractivity contribution in [3.8, 4) is 0 Å². The van der Waals surface area contributed by atoms with Gasteiger partial charge in [0.05, 0.1) is 5.41 Å². The van der Waals surface area contributed by atoms with E-state index in [1.165, 1.54) is 6.42 Å². The molecular formula is C13H26N2O. The first-order valence-corrected chi connectivity index (χ1v) is 6.62. The molecule has 0 aromatic rings. The molecule has 3 heteroatoms. The van der Waals surface area contributed by atoms with Crippen molar-refractivity contribution in [1.29, 1.82) is 0 Å². The predicted molar refractivity (Wildman–Crippen MR) is 67.1 cm³/mol. The number of hydrogen-bond acceptors (Lipinski definition) is 2. The van der Waals surface area contributed by atoms with E-state index in [0.717, 1.165) is 32.2 Å². The van der Waals surface area contributed by atoms with Gasteiger partial charge in [-0.25, -0.2) is 0 Å². The van der Waals surface area contributed by atoms with Crippen LogP contribution in [0.1, 0.15) is 52.9 Å². The monoisotopic (exact) mass is 226 g/mol. The quantitative estimate of drug-likeness (QED) is 0.798. The lowest BCUT2D eigenvalue weighted by Gasteiger charge is -2.40. The third-order valence-electron chi connectivity index (χ3n) is 4.26. The Morgan fingerprint density at radius 2 is 2.00 bits per heavy atom. The van der Waals surface area contributed by atoms with E-state index < -0.39 is 0 Å². The highest BCUT2D eigenvalue weighted by Gasteiger charge is 2.38. The lowest BCUT2D eigenvalue weighted by molar-refractivity contribution is -0.145. The third-order valence-corrected chi connectivity index (χ3v) is 4.26. The highest BCUT2D eigenvalue weighted by atomic mass is 16.2. The Morgan fingerprint density at radius 3 is 2.44 bits per heavy atom. The van der Waals surface area contributed by atoms with Crippen molar-refractivity contribution >= 4 is 5.91 Å². The Bertz CT molecular complexity index is 228. The van der Waals surface area contributed by atoms with Crippen molar-refractivity contribution in [2.45, 2.75) is 58.9 Å². The van der Waals surface area contributed by atoms with Gasteiger partial charge in [0.1, 0.15) is 0 Å². The summed E-state index contributed by atoms with van der Waals surface area (Å²) in [6.45, 7) is 7.69. The summed E-state index contributed by atoms with van der Waals surface area (Å²) in [6.07, 6.45) is 5.23. The summed E-state index contributed by atoms with van der Waals surface area (Å²) in [5.74, 6) is 0.284. The van der Waals surface area contributed by atoms with Gasteiger partial charge in [0, 0.05) is 19.1 Å². The maximum atomic E-state index is 12.6. The minimum atomic E-state index is -0.314. The van der Waals surface area contributed by atoms with Gasteiger partial charge in [-0.1, -0.05) is 13.8 Å². The molecule has 1 unspecified atom stereocenters. The molecule has 1 saturated heterocycles. The molecule has 16 heavy (non-hydrogen) atoms. The average Bonchev–Trinajstić information content (AvgIpc) is 2.32. The number of nitrogens with zero attached hydrogens (tertiary/aromatic N) is 1. The first-order chi connectivity index (χ1) is 7.61. The van der Waals surface area contributed by atoms with Gasteiger partial charge >= 0.3 is 0 Å². The van der Waals surface area contributed by atoms with Crippen molar-refractivity contribution in [2.75, 3.05) is 13.1 Å². The molecule has 2 N–H and O–H groups in total. The summed E-state index contributed by atoms with van der Waals surface area (Å²) in [4.78, 5) is 14.6. The van der Waals surface area contributed by atoms with E-state index in [1.807, 2.05) is 0 Å². The van der Waals surface area contributed by atoms with E-state index in [9.17, 15) is 4.79 Å². The Balaban J connectivity index is 2.80. The fourth-order valence-electron chi connectivity index (χ4n) is 2.63. The molecule has 0 aliphatic carbocycles. The highest BCUT2D eigenvalue weighted by Crippen LogP contribution is 2.30. The normalized spacial score (nSPS) is 22.2. The second kappa shape index (κ2) is 5.67. The maximum Gasteiger partial charge on any atom is 0.230 e. The molecule has 1 rings (SSSR count). The molecule has 1 aliphatic rings. The summed E-state index contributed by atoms with van der Waals surface area (Å²) in [5.41, 5.74) is 5.52. The van der Waals surface area contributed by atoms with Crippen molar-refractivity contribution in [3.63, 3.8) is 0 Å². The molecule has 0 aromatic heterocycles. The molecule has 94 valence electrons. The Kier molecular flexibility index (Phi) is 4.78. The minimum absolute atomic E-state index is 0.284. The predicted octanol–water partition coefficient (Wildman–Crippen LogP) is 2.15. The number of likely N-dealkylation sites (tertiary alicyclic amines) is 1. The molecule has 0 saturated carbocycles. The second-order valence-corrected chi connectivity index (χ2v) is 5.03. The summed E-state index contributed by atoms with van der Waals surface area (Å²) >= 11 is 0. The fraction of sp³-hybridized carbons (Fsp3) is 0.923. The van der Waals surface area contributed by atoms with Crippen LogP contribution in [0.5, 0.6) is 0 Å². The number of carbonyl (C=O) groups is 1. The Labute approximate surface area is 99.4 Å². The van der Waals surface area contributed by atoms with E-state index in [2.05, 4.69) is 25.7 Å². The summed E-state index contributed by atoms with van der Waals surface area (Å²) in [7, 11) is 0. The van der Waals surface area contributed by atoms with Gasteiger partial charge in [0.15, 0.2) is 0 Å². The standard InChI is InChI=1S/C13H26N2O/c1-4-13(5-2,10-14)12(16)15-9-7-6-8-11(15)3/h11H,4-10,14H2,1-3H3. The number of nitrogens with two attached hydrogens (primary N) is 1. The topological polar surface area (TPSA) is 46.3 Å². The molecule has 0 radical (unpaired) electrons. The average molecular weight is 226 g/mol. The lowest BCUT2D eigenvalue weighted by atomic mass is 9.80. The number of rotatable bonds is 4. The largest absolute Gasteiger partial charge is 0.339 e. The highest BCUT2D eigenvalue weighted by molar-refractivity contribution is 5.83. The Morgan fingerprint density at radius 1 is 1.38 bits per heavy atom. The minimum Gasteiger partial charge on any atom is -0.339 e. The number of hydrogen-bond donors (Lipinski definition) is 1. The third kappa shape index (κ3) is 2.40. The number of amides is 1. The number of piperidine rings is 1. The van der Waals surface area contributed by atoms with Gasteiger partial charge in [0.2, 0.25) is 5.91 Å². The smallest absolute Gasteiger partial charge is 0.230 e. The van der Waals surface area contributed by atoms with Crippen LogP contribution in [0.2, 0.25) is 0 Å². The van der Waals surface area contributed by atoms with Crippen molar-refractivity contribution in [2.24, 2.45) is 11.1 Å². The van der Waals surface area contributed by atoms with E-state index in [1.54, 1.807) is 0 Å². The van der Waals surface area contributed by atoms with Crippen LogP contribution < -0.4 is 5.73 Å². The van der Waals surface area contributed by atoms with E-state index in [4.69, 9.17) is 5.73 Å². The van der Waals surface area contributed by atoms with Crippen LogP contribution >= 0.6 is 0 Å². The molecule has 1 amide bonds. The molecule has 1 fully saturated rings. The van der Waals surface area contributed by atoms with Gasteiger partial charge in [0.25, 0.3) is 0 Å². The van der Waals surface area contributed by atoms with Gasteiger partial charge in [-0.05, 0) is 39.0 Å². The molecule has 1 aliphatic heterocycles. The maximum absolute atomic E-state index is 12.6. The molecular weight excluding hydrogens is 200 g/mol. The first kappa shape index (κ1) is 13.5. The van der Waals surface area contributed by atoms with Crippen molar-refractivity contribution in [3.05, 3.63) is 0 Å². The van der Waals surface area contributed by atoms with Gasteiger partial charge < -0.3 is 10.6 Å². The first-order valence-electron chi connectivity index (χ1n) is 6.62. The summed E-state index contributed by atoms with van der Waals surface area (Å²) < 4.78 is 0. The molecule has 1 heterocycles. The van der Waals surface area contributed by atoms with Gasteiger partial charge in [-0.15, -0.1) is 0 Å². The molecule has 0 bridgehead atoms. The van der Waals surface area contributed by atoms with Crippen molar-refractivity contribution in [1.82, 2.24) is 4.90 Å². The van der Waals surface area contributed by atoms with E-state index in [-0.39, 0.29) is 11.3 Å². The molecule has 1 atom stereocenters. The van der Waals surface area contributed by atoms with Gasteiger partial charge in [-0.3, -0.25) is 4.79 Å². The van der Waals surface area contributed by atoms with Crippen LogP contribution in [0.3, 0.4) is 0 Å². The molecule has 0 aromatic carbocycles. The Hall–Kier alpha value is -0.570. The summed E-state index contributed by atoms with van der Waals surface area (Å²) in [5, 5.41) is 0.